The molecule has 1 aliphatic rings. The first kappa shape index (κ1) is 11.7. The molecule has 0 radical (unpaired) electrons. The summed E-state index contributed by atoms with van der Waals surface area (Å²) in [5, 5.41) is 12.8. The second kappa shape index (κ2) is 4.46. The Morgan fingerprint density at radius 3 is 2.30 bits per heavy atom. The van der Waals surface area contributed by atoms with E-state index in [0.717, 1.165) is 12.0 Å². The molecule has 0 saturated heterocycles. The lowest BCUT2D eigenvalue weighted by Gasteiger charge is -2.13. The van der Waals surface area contributed by atoms with Crippen LogP contribution in [0.25, 0.3) is 10.8 Å². The minimum atomic E-state index is -0.331. The van der Waals surface area contributed by atoms with Crippen molar-refractivity contribution in [1.29, 1.82) is 0 Å². The molecule has 0 heterocycles. The highest BCUT2D eigenvalue weighted by Gasteiger charge is 2.30. The van der Waals surface area contributed by atoms with Crippen molar-refractivity contribution in [2.75, 3.05) is 0 Å². The van der Waals surface area contributed by atoms with Gasteiger partial charge in [-0.25, -0.2) is 0 Å². The molecule has 20 heavy (non-hydrogen) atoms. The molecule has 0 fully saturated rings. The molecule has 2 atom stereocenters. The van der Waals surface area contributed by atoms with Crippen molar-refractivity contribution in [3.8, 4) is 0 Å². The summed E-state index contributed by atoms with van der Waals surface area (Å²) >= 11 is 0. The highest BCUT2D eigenvalue weighted by atomic mass is 16.3. The molecule has 98 valence electrons. The maximum Gasteiger partial charge on any atom is 0.0802 e. The van der Waals surface area contributed by atoms with Crippen LogP contribution in [0.1, 0.15) is 35.1 Å². The zero-order chi connectivity index (χ0) is 13.5. The minimum Gasteiger partial charge on any atom is -0.388 e. The molecular formula is C19H16O. The third kappa shape index (κ3) is 1.75. The molecule has 0 aliphatic heterocycles. The molecule has 0 unspecified atom stereocenters. The predicted molar refractivity (Wildman–Crippen MR) is 81.8 cm³/mol. The Morgan fingerprint density at radius 2 is 1.45 bits per heavy atom. The lowest BCUT2D eigenvalue weighted by Crippen LogP contribution is -1.96. The Kier molecular flexibility index (Phi) is 2.61. The first-order valence-corrected chi connectivity index (χ1v) is 7.08. The molecule has 0 amide bonds. The van der Waals surface area contributed by atoms with E-state index in [1.165, 1.54) is 21.9 Å². The van der Waals surface area contributed by atoms with Crippen LogP contribution in [0, 0.1) is 0 Å². The second-order valence-corrected chi connectivity index (χ2v) is 5.54. The van der Waals surface area contributed by atoms with Gasteiger partial charge in [-0.2, -0.15) is 0 Å². The minimum absolute atomic E-state index is 0.311. The molecular weight excluding hydrogens is 244 g/mol. The van der Waals surface area contributed by atoms with Crippen molar-refractivity contribution in [2.24, 2.45) is 0 Å². The Labute approximate surface area is 118 Å². The van der Waals surface area contributed by atoms with E-state index in [4.69, 9.17) is 0 Å². The quantitative estimate of drug-likeness (QED) is 0.687. The van der Waals surface area contributed by atoms with E-state index in [0.29, 0.717) is 5.92 Å². The maximum absolute atomic E-state index is 10.2. The van der Waals surface area contributed by atoms with Gasteiger partial charge in [0.2, 0.25) is 0 Å². The Balaban J connectivity index is 1.84. The lowest BCUT2D eigenvalue weighted by molar-refractivity contribution is 0.176. The highest BCUT2D eigenvalue weighted by Crippen LogP contribution is 2.44. The fourth-order valence-corrected chi connectivity index (χ4v) is 3.35. The van der Waals surface area contributed by atoms with E-state index in [2.05, 4.69) is 54.6 Å². The van der Waals surface area contributed by atoms with Gasteiger partial charge in [0.1, 0.15) is 0 Å². The zero-order valence-corrected chi connectivity index (χ0v) is 11.2. The topological polar surface area (TPSA) is 20.2 Å². The average Bonchev–Trinajstić information content (AvgIpc) is 2.85. The second-order valence-electron chi connectivity index (χ2n) is 5.54. The van der Waals surface area contributed by atoms with Crippen molar-refractivity contribution in [3.05, 3.63) is 83.4 Å². The van der Waals surface area contributed by atoms with Gasteiger partial charge in [0, 0.05) is 5.92 Å². The Bertz CT molecular complexity index is 775. The lowest BCUT2D eigenvalue weighted by atomic mass is 9.91. The summed E-state index contributed by atoms with van der Waals surface area (Å²) in [6, 6.07) is 23.3. The number of hydrogen-bond acceptors (Lipinski definition) is 1. The van der Waals surface area contributed by atoms with E-state index in [9.17, 15) is 5.11 Å². The third-order valence-electron chi connectivity index (χ3n) is 4.37. The number of benzene rings is 3. The molecule has 4 rings (SSSR count). The smallest absolute Gasteiger partial charge is 0.0802 e. The number of hydrogen-bond donors (Lipinski definition) is 1. The van der Waals surface area contributed by atoms with Crippen molar-refractivity contribution in [2.45, 2.75) is 18.4 Å². The molecule has 3 aromatic rings. The summed E-state index contributed by atoms with van der Waals surface area (Å²) < 4.78 is 0. The van der Waals surface area contributed by atoms with Crippen LogP contribution < -0.4 is 0 Å². The van der Waals surface area contributed by atoms with E-state index < -0.39 is 0 Å². The summed E-state index contributed by atoms with van der Waals surface area (Å²) in [7, 11) is 0. The van der Waals surface area contributed by atoms with Gasteiger partial charge in [0.05, 0.1) is 6.10 Å². The van der Waals surface area contributed by atoms with Crippen molar-refractivity contribution < 1.29 is 5.11 Å². The van der Waals surface area contributed by atoms with Crippen LogP contribution in [0.15, 0.2) is 66.7 Å². The first-order valence-electron chi connectivity index (χ1n) is 7.08. The molecule has 1 nitrogen and oxygen atoms in total. The van der Waals surface area contributed by atoms with Gasteiger partial charge < -0.3 is 5.11 Å². The molecule has 0 spiro atoms. The van der Waals surface area contributed by atoms with Crippen LogP contribution in [0.5, 0.6) is 0 Å². The van der Waals surface area contributed by atoms with Gasteiger partial charge >= 0.3 is 0 Å². The van der Waals surface area contributed by atoms with E-state index in [1.54, 1.807) is 0 Å². The summed E-state index contributed by atoms with van der Waals surface area (Å²) in [4.78, 5) is 0. The van der Waals surface area contributed by atoms with Crippen LogP contribution in [-0.4, -0.2) is 5.11 Å². The van der Waals surface area contributed by atoms with Crippen LogP contribution >= 0.6 is 0 Å². The third-order valence-corrected chi connectivity index (χ3v) is 4.37. The summed E-state index contributed by atoms with van der Waals surface area (Å²) in [6.07, 6.45) is 0.459. The van der Waals surface area contributed by atoms with E-state index in [1.807, 2.05) is 12.1 Å². The molecule has 0 saturated carbocycles. The van der Waals surface area contributed by atoms with E-state index in [-0.39, 0.29) is 6.10 Å². The van der Waals surface area contributed by atoms with Gasteiger partial charge in [-0.05, 0) is 33.9 Å². The van der Waals surface area contributed by atoms with Gasteiger partial charge in [0.25, 0.3) is 0 Å². The number of fused-ring (bicyclic) bond motifs is 2. The monoisotopic (exact) mass is 260 g/mol. The fraction of sp³-hybridized carbons (Fsp3) is 0.158. The maximum atomic E-state index is 10.2. The van der Waals surface area contributed by atoms with Gasteiger partial charge in [0.15, 0.2) is 0 Å². The van der Waals surface area contributed by atoms with Crippen LogP contribution in [0.3, 0.4) is 0 Å². The molecule has 0 bridgehead atoms. The SMILES string of the molecule is O[C@@H]1C[C@@H](c2ccc3ccccc3c2)c2ccccc21. The summed E-state index contributed by atoms with van der Waals surface area (Å²) in [5.74, 6) is 0.311. The molecule has 1 heteroatoms. The average molecular weight is 260 g/mol. The summed E-state index contributed by atoms with van der Waals surface area (Å²) in [6.45, 7) is 0. The van der Waals surface area contributed by atoms with E-state index >= 15 is 0 Å². The van der Waals surface area contributed by atoms with Crippen molar-refractivity contribution >= 4 is 10.8 Å². The number of aliphatic hydroxyl groups is 1. The van der Waals surface area contributed by atoms with Gasteiger partial charge in [-0.3, -0.25) is 0 Å². The van der Waals surface area contributed by atoms with Crippen molar-refractivity contribution in [3.63, 3.8) is 0 Å². The Morgan fingerprint density at radius 1 is 0.750 bits per heavy atom. The highest BCUT2D eigenvalue weighted by molar-refractivity contribution is 5.83. The normalized spacial score (nSPS) is 21.1. The number of aliphatic hydroxyl groups excluding tert-OH is 1. The van der Waals surface area contributed by atoms with Crippen LogP contribution in [0.4, 0.5) is 0 Å². The number of rotatable bonds is 1. The molecule has 0 aromatic heterocycles. The largest absolute Gasteiger partial charge is 0.388 e. The zero-order valence-electron chi connectivity index (χ0n) is 11.2. The van der Waals surface area contributed by atoms with Crippen molar-refractivity contribution in [1.82, 2.24) is 0 Å². The standard InChI is InChI=1S/C19H16O/c20-19-12-18(16-7-3-4-8-17(16)19)15-10-9-13-5-1-2-6-14(13)11-15/h1-11,18-20H,12H2/t18-,19+/m0/s1. The summed E-state index contributed by atoms with van der Waals surface area (Å²) in [5.41, 5.74) is 3.66. The molecule has 1 aliphatic carbocycles. The molecule has 1 N–H and O–H groups in total. The van der Waals surface area contributed by atoms with Crippen LogP contribution in [-0.2, 0) is 0 Å². The van der Waals surface area contributed by atoms with Gasteiger partial charge in [-0.15, -0.1) is 0 Å². The first-order chi connectivity index (χ1) is 9.83. The Hall–Kier alpha value is -2.12. The molecule has 3 aromatic carbocycles. The predicted octanol–water partition coefficient (Wildman–Crippen LogP) is 4.41. The van der Waals surface area contributed by atoms with Crippen LogP contribution in [0.2, 0.25) is 0 Å². The van der Waals surface area contributed by atoms with Gasteiger partial charge in [-0.1, -0.05) is 66.7 Å². The fourth-order valence-electron chi connectivity index (χ4n) is 3.35.